The normalized spacial score (nSPS) is 31.3. The van der Waals surface area contributed by atoms with E-state index in [1.165, 1.54) is 0 Å². The van der Waals surface area contributed by atoms with Gasteiger partial charge in [-0.25, -0.2) is 8.78 Å². The van der Waals surface area contributed by atoms with Crippen LogP contribution in [0.1, 0.15) is 26.2 Å². The van der Waals surface area contributed by atoms with Gasteiger partial charge in [0.2, 0.25) is 5.92 Å². The summed E-state index contributed by atoms with van der Waals surface area (Å²) < 4.78 is 25.2. The molecule has 0 saturated heterocycles. The van der Waals surface area contributed by atoms with Crippen LogP contribution in [0.25, 0.3) is 0 Å². The fourth-order valence-corrected chi connectivity index (χ4v) is 1.52. The minimum atomic E-state index is -2.50. The predicted octanol–water partition coefficient (Wildman–Crippen LogP) is 2.58. The Hall–Kier alpha value is -0.650. The highest BCUT2D eigenvalue weighted by molar-refractivity contribution is 4.92. The smallest absolute Gasteiger partial charge is 0.207 e. The quantitative estimate of drug-likeness (QED) is 0.576. The van der Waals surface area contributed by atoms with E-state index in [9.17, 15) is 8.78 Å². The molecule has 1 aliphatic rings. The average Bonchev–Trinajstić information content (AvgIpc) is 2.29. The second-order valence-electron chi connectivity index (χ2n) is 3.28. The van der Waals surface area contributed by atoms with Crippen LogP contribution in [0.5, 0.6) is 0 Å². The van der Waals surface area contributed by atoms with Crippen molar-refractivity contribution in [3.05, 3.63) is 0 Å². The molecule has 0 aliphatic heterocycles. The molecule has 0 aromatic heterocycles. The molecule has 0 amide bonds. The van der Waals surface area contributed by atoms with Crippen LogP contribution in [-0.4, -0.2) is 5.92 Å². The van der Waals surface area contributed by atoms with Crippen molar-refractivity contribution < 1.29 is 8.78 Å². The number of hydrogen-bond donors (Lipinski definition) is 0. The molecule has 0 radical (unpaired) electrons. The first kappa shape index (κ1) is 8.45. The molecule has 0 spiro atoms. The van der Waals surface area contributed by atoms with Gasteiger partial charge in [-0.1, -0.05) is 0 Å². The lowest BCUT2D eigenvalue weighted by Crippen LogP contribution is -2.12. The summed E-state index contributed by atoms with van der Waals surface area (Å²) in [5, 5.41) is 8.47. The minimum Gasteiger partial charge on any atom is -0.207 e. The van der Waals surface area contributed by atoms with Crippen molar-refractivity contribution in [2.45, 2.75) is 32.1 Å². The molecule has 0 aromatic carbocycles. The number of alkyl halides is 2. The van der Waals surface area contributed by atoms with Gasteiger partial charge in [-0.2, -0.15) is 5.26 Å². The first-order chi connectivity index (χ1) is 5.05. The van der Waals surface area contributed by atoms with E-state index in [1.807, 2.05) is 6.07 Å². The van der Waals surface area contributed by atoms with Gasteiger partial charge in [-0.05, 0) is 19.3 Å². The van der Waals surface area contributed by atoms with E-state index in [-0.39, 0.29) is 24.7 Å². The molecule has 1 fully saturated rings. The number of hydrogen-bond acceptors (Lipinski definition) is 1. The van der Waals surface area contributed by atoms with Crippen molar-refractivity contribution in [1.29, 1.82) is 5.26 Å². The fraction of sp³-hybridized carbons (Fsp3) is 0.875. The van der Waals surface area contributed by atoms with Crippen molar-refractivity contribution in [3.8, 4) is 6.07 Å². The van der Waals surface area contributed by atoms with Gasteiger partial charge in [0.05, 0.1) is 6.07 Å². The van der Waals surface area contributed by atoms with Crippen LogP contribution in [0, 0.1) is 23.2 Å². The monoisotopic (exact) mass is 159 g/mol. The Labute approximate surface area is 65.0 Å². The first-order valence-electron chi connectivity index (χ1n) is 3.82. The van der Waals surface area contributed by atoms with Crippen LogP contribution in [-0.2, 0) is 0 Å². The molecular formula is C8H11F2N. The Morgan fingerprint density at radius 2 is 2.27 bits per heavy atom. The zero-order valence-corrected chi connectivity index (χ0v) is 6.48. The van der Waals surface area contributed by atoms with Gasteiger partial charge in [0.1, 0.15) is 0 Å². The van der Waals surface area contributed by atoms with Crippen molar-refractivity contribution in [2.75, 3.05) is 0 Å². The number of rotatable bonds is 1. The van der Waals surface area contributed by atoms with Crippen molar-refractivity contribution >= 4 is 0 Å². The van der Waals surface area contributed by atoms with Crippen LogP contribution >= 0.6 is 0 Å². The van der Waals surface area contributed by atoms with E-state index in [4.69, 9.17) is 5.26 Å². The summed E-state index contributed by atoms with van der Waals surface area (Å²) in [4.78, 5) is 0. The molecule has 1 rings (SSSR count). The molecule has 0 heterocycles. The highest BCUT2D eigenvalue weighted by Gasteiger charge is 2.41. The summed E-state index contributed by atoms with van der Waals surface area (Å²) >= 11 is 0. The van der Waals surface area contributed by atoms with Crippen molar-refractivity contribution in [2.24, 2.45) is 11.8 Å². The predicted molar refractivity (Wildman–Crippen MR) is 37.1 cm³/mol. The third-order valence-electron chi connectivity index (χ3n) is 2.35. The second-order valence-corrected chi connectivity index (χ2v) is 3.28. The van der Waals surface area contributed by atoms with Crippen molar-refractivity contribution in [1.82, 2.24) is 0 Å². The highest BCUT2D eigenvalue weighted by Crippen LogP contribution is 2.41. The zero-order chi connectivity index (χ0) is 8.48. The summed E-state index contributed by atoms with van der Waals surface area (Å²) in [6, 6.07) is 2.01. The molecule has 11 heavy (non-hydrogen) atoms. The van der Waals surface area contributed by atoms with Crippen LogP contribution in [0.3, 0.4) is 0 Å². The summed E-state index contributed by atoms with van der Waals surface area (Å²) in [7, 11) is 0. The van der Waals surface area contributed by atoms with Crippen LogP contribution in [0.2, 0.25) is 0 Å². The lowest BCUT2D eigenvalue weighted by atomic mass is 9.94. The van der Waals surface area contributed by atoms with Gasteiger partial charge in [0.25, 0.3) is 0 Å². The Balaban J connectivity index is 2.50. The standard InChI is InChI=1S/C8H11F2N/c1-6(5-11)7-2-3-8(9,10)4-7/h6-7H,2-4H2,1H3. The molecule has 1 nitrogen and oxygen atoms in total. The van der Waals surface area contributed by atoms with E-state index < -0.39 is 5.92 Å². The maximum atomic E-state index is 12.6. The summed E-state index contributed by atoms with van der Waals surface area (Å²) in [5.41, 5.74) is 0. The number of nitrogens with zero attached hydrogens (tertiary/aromatic N) is 1. The van der Waals surface area contributed by atoms with Gasteiger partial charge >= 0.3 is 0 Å². The number of halogens is 2. The molecule has 0 N–H and O–H groups in total. The molecule has 0 aromatic rings. The summed E-state index contributed by atoms with van der Waals surface area (Å²) in [6.45, 7) is 1.71. The van der Waals surface area contributed by atoms with Gasteiger partial charge in [0.15, 0.2) is 0 Å². The summed E-state index contributed by atoms with van der Waals surface area (Å²) in [5.74, 6) is -2.81. The third-order valence-corrected chi connectivity index (χ3v) is 2.35. The molecule has 2 atom stereocenters. The lowest BCUT2D eigenvalue weighted by Gasteiger charge is -2.11. The summed E-state index contributed by atoms with van der Waals surface area (Å²) in [6.07, 6.45) is 0.368. The minimum absolute atomic E-state index is 0.0380. The van der Waals surface area contributed by atoms with Crippen molar-refractivity contribution in [3.63, 3.8) is 0 Å². The Bertz CT molecular complexity index is 183. The topological polar surface area (TPSA) is 23.8 Å². The first-order valence-corrected chi connectivity index (χ1v) is 3.82. The maximum Gasteiger partial charge on any atom is 0.248 e. The van der Waals surface area contributed by atoms with Gasteiger partial charge in [-0.15, -0.1) is 0 Å². The van der Waals surface area contributed by atoms with E-state index in [1.54, 1.807) is 6.92 Å². The van der Waals surface area contributed by atoms with E-state index >= 15 is 0 Å². The number of nitriles is 1. The molecular weight excluding hydrogens is 148 g/mol. The van der Waals surface area contributed by atoms with E-state index in [2.05, 4.69) is 0 Å². The molecule has 1 saturated carbocycles. The molecule has 1 aliphatic carbocycles. The Kier molecular flexibility index (Phi) is 2.12. The Morgan fingerprint density at radius 3 is 2.64 bits per heavy atom. The fourth-order valence-electron chi connectivity index (χ4n) is 1.52. The van der Waals surface area contributed by atoms with Gasteiger partial charge in [0, 0.05) is 18.8 Å². The molecule has 0 bridgehead atoms. The second kappa shape index (κ2) is 2.77. The molecule has 3 heteroatoms. The van der Waals surface area contributed by atoms with Crippen LogP contribution in [0.15, 0.2) is 0 Å². The maximum absolute atomic E-state index is 12.6. The van der Waals surface area contributed by atoms with E-state index in [0.717, 1.165) is 0 Å². The molecule has 62 valence electrons. The molecule has 2 unspecified atom stereocenters. The van der Waals surface area contributed by atoms with E-state index in [0.29, 0.717) is 6.42 Å². The third kappa shape index (κ3) is 1.89. The Morgan fingerprint density at radius 1 is 1.64 bits per heavy atom. The zero-order valence-electron chi connectivity index (χ0n) is 6.48. The van der Waals surface area contributed by atoms with Gasteiger partial charge in [-0.3, -0.25) is 0 Å². The highest BCUT2D eigenvalue weighted by atomic mass is 19.3. The lowest BCUT2D eigenvalue weighted by molar-refractivity contribution is 0.00368. The van der Waals surface area contributed by atoms with Crippen LogP contribution in [0.4, 0.5) is 8.78 Å². The van der Waals surface area contributed by atoms with Gasteiger partial charge < -0.3 is 0 Å². The average molecular weight is 159 g/mol. The van der Waals surface area contributed by atoms with Crippen LogP contribution < -0.4 is 0 Å². The SMILES string of the molecule is CC(C#N)C1CCC(F)(F)C1. The largest absolute Gasteiger partial charge is 0.248 e.